The predicted molar refractivity (Wildman–Crippen MR) is 57.6 cm³/mol. The van der Waals surface area contributed by atoms with Gasteiger partial charge in [0.15, 0.2) is 0 Å². The van der Waals surface area contributed by atoms with Gasteiger partial charge in [-0.2, -0.15) is 0 Å². The molecule has 0 amide bonds. The molecule has 0 saturated carbocycles. The lowest BCUT2D eigenvalue weighted by atomic mass is 10.4. The van der Waals surface area contributed by atoms with Crippen LogP contribution in [0.1, 0.15) is 12.7 Å². The minimum Gasteiger partial charge on any atom is -0.381 e. The van der Waals surface area contributed by atoms with E-state index in [1.54, 1.807) is 0 Å². The summed E-state index contributed by atoms with van der Waals surface area (Å²) in [5.41, 5.74) is 0. The third-order valence-electron chi connectivity index (χ3n) is 1.38. The SMILES string of the molecule is CCOCCc1nc(Br)cc(Br)n1. The molecule has 13 heavy (non-hydrogen) atoms. The molecule has 1 aromatic rings. The molecule has 0 saturated heterocycles. The lowest BCUT2D eigenvalue weighted by molar-refractivity contribution is 0.149. The maximum atomic E-state index is 5.21. The van der Waals surface area contributed by atoms with Crippen LogP contribution in [0.2, 0.25) is 0 Å². The Bertz CT molecular complexity index is 261. The smallest absolute Gasteiger partial charge is 0.133 e. The van der Waals surface area contributed by atoms with E-state index in [0.717, 1.165) is 28.1 Å². The van der Waals surface area contributed by atoms with Crippen LogP contribution in [0.25, 0.3) is 0 Å². The molecule has 0 aliphatic rings. The Hall–Kier alpha value is -0.0000000000000000555. The summed E-state index contributed by atoms with van der Waals surface area (Å²) in [4.78, 5) is 8.40. The van der Waals surface area contributed by atoms with E-state index in [1.807, 2.05) is 13.0 Å². The van der Waals surface area contributed by atoms with Crippen molar-refractivity contribution in [2.24, 2.45) is 0 Å². The normalized spacial score (nSPS) is 10.4. The monoisotopic (exact) mass is 308 g/mol. The summed E-state index contributed by atoms with van der Waals surface area (Å²) < 4.78 is 6.79. The van der Waals surface area contributed by atoms with Gasteiger partial charge in [-0.15, -0.1) is 0 Å². The first-order valence-electron chi connectivity index (χ1n) is 3.99. The maximum Gasteiger partial charge on any atom is 0.133 e. The summed E-state index contributed by atoms with van der Waals surface area (Å²) in [7, 11) is 0. The van der Waals surface area contributed by atoms with Crippen molar-refractivity contribution in [3.63, 3.8) is 0 Å². The van der Waals surface area contributed by atoms with Crippen LogP contribution in [-0.4, -0.2) is 23.2 Å². The Morgan fingerprint density at radius 3 is 2.46 bits per heavy atom. The zero-order valence-corrected chi connectivity index (χ0v) is 10.4. The Kier molecular flexibility index (Phi) is 4.83. The summed E-state index contributed by atoms with van der Waals surface area (Å²) in [6, 6.07) is 1.81. The van der Waals surface area contributed by atoms with Crippen LogP contribution in [0.5, 0.6) is 0 Å². The van der Waals surface area contributed by atoms with Crippen LogP contribution in [0.3, 0.4) is 0 Å². The Morgan fingerprint density at radius 1 is 1.31 bits per heavy atom. The van der Waals surface area contributed by atoms with E-state index in [9.17, 15) is 0 Å². The fourth-order valence-corrected chi connectivity index (χ4v) is 2.00. The highest BCUT2D eigenvalue weighted by Gasteiger charge is 2.00. The highest BCUT2D eigenvalue weighted by Crippen LogP contribution is 2.13. The average molecular weight is 310 g/mol. The number of rotatable bonds is 4. The van der Waals surface area contributed by atoms with Gasteiger partial charge in [-0.25, -0.2) is 9.97 Å². The standard InChI is InChI=1S/C8H10Br2N2O/c1-2-13-4-3-8-11-6(9)5-7(10)12-8/h5H,2-4H2,1H3. The van der Waals surface area contributed by atoms with Crippen molar-refractivity contribution >= 4 is 31.9 Å². The molecule has 0 unspecified atom stereocenters. The molecular formula is C8H10Br2N2O. The Labute approximate surface area is 94.2 Å². The highest BCUT2D eigenvalue weighted by molar-refractivity contribution is 9.11. The number of hydrogen-bond acceptors (Lipinski definition) is 3. The summed E-state index contributed by atoms with van der Waals surface area (Å²) in [5, 5.41) is 0. The predicted octanol–water partition coefficient (Wildman–Crippen LogP) is 2.58. The van der Waals surface area contributed by atoms with Crippen molar-refractivity contribution in [1.29, 1.82) is 0 Å². The minimum absolute atomic E-state index is 0.666. The van der Waals surface area contributed by atoms with Crippen molar-refractivity contribution in [2.75, 3.05) is 13.2 Å². The van der Waals surface area contributed by atoms with E-state index >= 15 is 0 Å². The van der Waals surface area contributed by atoms with Crippen molar-refractivity contribution in [3.05, 3.63) is 21.1 Å². The van der Waals surface area contributed by atoms with Crippen LogP contribution in [0.4, 0.5) is 0 Å². The van der Waals surface area contributed by atoms with Gasteiger partial charge in [0, 0.05) is 19.1 Å². The van der Waals surface area contributed by atoms with Gasteiger partial charge in [-0.05, 0) is 38.8 Å². The molecule has 0 radical (unpaired) electrons. The second kappa shape index (κ2) is 5.67. The third kappa shape index (κ3) is 4.15. The first-order valence-corrected chi connectivity index (χ1v) is 5.57. The number of hydrogen-bond donors (Lipinski definition) is 0. The minimum atomic E-state index is 0.666. The fraction of sp³-hybridized carbons (Fsp3) is 0.500. The van der Waals surface area contributed by atoms with Gasteiger partial charge in [0.25, 0.3) is 0 Å². The molecule has 5 heteroatoms. The maximum absolute atomic E-state index is 5.21. The van der Waals surface area contributed by atoms with Crippen molar-refractivity contribution < 1.29 is 4.74 Å². The molecule has 1 heterocycles. The number of nitrogens with zero attached hydrogens (tertiary/aromatic N) is 2. The first-order chi connectivity index (χ1) is 6.22. The number of ether oxygens (including phenoxy) is 1. The molecule has 0 bridgehead atoms. The molecule has 1 aromatic heterocycles. The van der Waals surface area contributed by atoms with Crippen molar-refractivity contribution in [2.45, 2.75) is 13.3 Å². The zero-order valence-electron chi connectivity index (χ0n) is 7.26. The topological polar surface area (TPSA) is 35.0 Å². The molecule has 0 spiro atoms. The van der Waals surface area contributed by atoms with Crippen LogP contribution < -0.4 is 0 Å². The highest BCUT2D eigenvalue weighted by atomic mass is 79.9. The van der Waals surface area contributed by atoms with Gasteiger partial charge in [0.2, 0.25) is 0 Å². The summed E-state index contributed by atoms with van der Waals surface area (Å²) in [6.07, 6.45) is 0.742. The molecule has 0 aliphatic heterocycles. The van der Waals surface area contributed by atoms with Gasteiger partial charge in [-0.3, -0.25) is 0 Å². The van der Waals surface area contributed by atoms with Crippen LogP contribution in [0, 0.1) is 0 Å². The van der Waals surface area contributed by atoms with Crippen LogP contribution in [0.15, 0.2) is 15.3 Å². The van der Waals surface area contributed by atoms with Crippen molar-refractivity contribution in [1.82, 2.24) is 9.97 Å². The third-order valence-corrected chi connectivity index (χ3v) is 2.20. The first kappa shape index (κ1) is 11.1. The summed E-state index contributed by atoms with van der Waals surface area (Å²) in [5.74, 6) is 0.787. The zero-order chi connectivity index (χ0) is 9.68. The molecule has 0 atom stereocenters. The van der Waals surface area contributed by atoms with E-state index in [0.29, 0.717) is 6.61 Å². The van der Waals surface area contributed by atoms with E-state index in [1.165, 1.54) is 0 Å². The van der Waals surface area contributed by atoms with Gasteiger partial charge < -0.3 is 4.74 Å². The van der Waals surface area contributed by atoms with E-state index < -0.39 is 0 Å². The van der Waals surface area contributed by atoms with E-state index in [-0.39, 0.29) is 0 Å². The lowest BCUT2D eigenvalue weighted by Gasteiger charge is -2.01. The molecule has 0 N–H and O–H groups in total. The number of aromatic nitrogens is 2. The molecule has 3 nitrogen and oxygen atoms in total. The second-order valence-corrected chi connectivity index (χ2v) is 4.00. The van der Waals surface area contributed by atoms with Gasteiger partial charge in [0.1, 0.15) is 15.0 Å². The van der Waals surface area contributed by atoms with E-state index in [4.69, 9.17) is 4.74 Å². The van der Waals surface area contributed by atoms with Crippen molar-refractivity contribution in [3.8, 4) is 0 Å². The molecular weight excluding hydrogens is 300 g/mol. The Morgan fingerprint density at radius 2 is 1.92 bits per heavy atom. The average Bonchev–Trinajstić information content (AvgIpc) is 2.03. The second-order valence-electron chi connectivity index (χ2n) is 2.38. The largest absolute Gasteiger partial charge is 0.381 e. The summed E-state index contributed by atoms with van der Waals surface area (Å²) >= 11 is 6.60. The number of halogens is 2. The molecule has 72 valence electrons. The molecule has 0 fully saturated rings. The lowest BCUT2D eigenvalue weighted by Crippen LogP contribution is -2.02. The van der Waals surface area contributed by atoms with Gasteiger partial charge >= 0.3 is 0 Å². The van der Waals surface area contributed by atoms with Crippen LogP contribution in [-0.2, 0) is 11.2 Å². The van der Waals surface area contributed by atoms with Gasteiger partial charge in [0.05, 0.1) is 6.61 Å². The van der Waals surface area contributed by atoms with Gasteiger partial charge in [-0.1, -0.05) is 0 Å². The summed E-state index contributed by atoms with van der Waals surface area (Å²) in [6.45, 7) is 3.37. The molecule has 0 aliphatic carbocycles. The quantitative estimate of drug-likeness (QED) is 0.633. The fourth-order valence-electron chi connectivity index (χ4n) is 0.854. The van der Waals surface area contributed by atoms with E-state index in [2.05, 4.69) is 41.8 Å². The Balaban J connectivity index is 2.56. The molecule has 0 aromatic carbocycles. The van der Waals surface area contributed by atoms with Crippen LogP contribution >= 0.6 is 31.9 Å². The molecule has 1 rings (SSSR count).